The standard InChI is InChI=1S/C16H19ClN2O3S/c1-5-23-14-11(4)22-19(15(14)20)16(21)18(10(2)3)13-8-6-12(17)7-9-13/h6-10H,5H2,1-4H3. The molecule has 0 fully saturated rings. The van der Waals surface area contributed by atoms with E-state index in [1.807, 2.05) is 20.8 Å². The zero-order valence-corrected chi connectivity index (χ0v) is 15.1. The molecule has 2 aromatic rings. The summed E-state index contributed by atoms with van der Waals surface area (Å²) in [6.45, 7) is 7.37. The smallest absolute Gasteiger partial charge is 0.365 e. The first-order valence-corrected chi connectivity index (χ1v) is 8.68. The molecule has 2 rings (SSSR count). The molecule has 0 bridgehead atoms. The molecule has 124 valence electrons. The van der Waals surface area contributed by atoms with Gasteiger partial charge in [0, 0.05) is 16.8 Å². The van der Waals surface area contributed by atoms with Crippen LogP contribution < -0.4 is 10.5 Å². The van der Waals surface area contributed by atoms with Crippen LogP contribution in [0.3, 0.4) is 0 Å². The number of hydrogen-bond acceptors (Lipinski definition) is 4. The Morgan fingerprint density at radius 3 is 2.48 bits per heavy atom. The number of thioether (sulfide) groups is 1. The summed E-state index contributed by atoms with van der Waals surface area (Å²) in [6.07, 6.45) is 0. The number of halogens is 1. The lowest BCUT2D eigenvalue weighted by molar-refractivity contribution is 0.210. The molecule has 1 aromatic carbocycles. The van der Waals surface area contributed by atoms with Gasteiger partial charge in [-0.25, -0.2) is 4.79 Å². The Kier molecular flexibility index (Phi) is 5.59. The van der Waals surface area contributed by atoms with Crippen LogP contribution in [-0.4, -0.2) is 22.6 Å². The van der Waals surface area contributed by atoms with Gasteiger partial charge >= 0.3 is 11.6 Å². The minimum atomic E-state index is -0.515. The molecule has 0 N–H and O–H groups in total. The lowest BCUT2D eigenvalue weighted by Crippen LogP contribution is -2.43. The van der Waals surface area contributed by atoms with Crippen molar-refractivity contribution in [1.82, 2.24) is 4.74 Å². The Morgan fingerprint density at radius 2 is 1.96 bits per heavy atom. The summed E-state index contributed by atoms with van der Waals surface area (Å²) in [5.41, 5.74) is 0.235. The molecule has 0 atom stereocenters. The van der Waals surface area contributed by atoms with E-state index in [1.165, 1.54) is 16.7 Å². The van der Waals surface area contributed by atoms with Crippen molar-refractivity contribution < 1.29 is 9.32 Å². The van der Waals surface area contributed by atoms with Crippen molar-refractivity contribution >= 4 is 35.1 Å². The summed E-state index contributed by atoms with van der Waals surface area (Å²) in [5, 5.41) is 0.581. The highest BCUT2D eigenvalue weighted by atomic mass is 35.5. The van der Waals surface area contributed by atoms with Gasteiger partial charge in [0.1, 0.15) is 10.7 Å². The Bertz CT molecular complexity index is 750. The van der Waals surface area contributed by atoms with Crippen LogP contribution in [0.25, 0.3) is 0 Å². The molecule has 7 heteroatoms. The second-order valence-electron chi connectivity index (χ2n) is 5.23. The SMILES string of the molecule is CCSc1c(C)on(C(=O)N(c2ccc(Cl)cc2)C(C)C)c1=O. The fraction of sp³-hybridized carbons (Fsp3) is 0.375. The van der Waals surface area contributed by atoms with Gasteiger partial charge < -0.3 is 4.52 Å². The third kappa shape index (κ3) is 3.64. The Balaban J connectivity index is 2.45. The molecule has 0 aliphatic rings. The number of hydrogen-bond donors (Lipinski definition) is 0. The van der Waals surface area contributed by atoms with E-state index in [1.54, 1.807) is 31.2 Å². The monoisotopic (exact) mass is 354 g/mol. The normalized spacial score (nSPS) is 11.0. The second-order valence-corrected chi connectivity index (χ2v) is 6.94. The number of aromatic nitrogens is 1. The molecular formula is C16H19ClN2O3S. The van der Waals surface area contributed by atoms with Crippen molar-refractivity contribution in [2.45, 2.75) is 38.6 Å². The number of carbonyl (C=O) groups excluding carboxylic acids is 1. The highest BCUT2D eigenvalue weighted by Gasteiger charge is 2.26. The van der Waals surface area contributed by atoms with Crippen LogP contribution >= 0.6 is 23.4 Å². The maximum atomic E-state index is 12.8. The van der Waals surface area contributed by atoms with Gasteiger partial charge in [-0.2, -0.15) is 0 Å². The molecule has 0 spiro atoms. The molecule has 5 nitrogen and oxygen atoms in total. The van der Waals surface area contributed by atoms with Crippen molar-refractivity contribution in [3.05, 3.63) is 45.4 Å². The number of amides is 1. The number of aryl methyl sites for hydroxylation is 1. The van der Waals surface area contributed by atoms with Gasteiger partial charge in [-0.15, -0.1) is 11.8 Å². The predicted molar refractivity (Wildman–Crippen MR) is 94.0 cm³/mol. The van der Waals surface area contributed by atoms with Gasteiger partial charge in [-0.05, 0) is 50.8 Å². The summed E-state index contributed by atoms with van der Waals surface area (Å²) >= 11 is 7.27. The molecule has 0 aliphatic heterocycles. The van der Waals surface area contributed by atoms with Crippen molar-refractivity contribution in [2.24, 2.45) is 0 Å². The number of carbonyl (C=O) groups is 1. The van der Waals surface area contributed by atoms with E-state index in [0.29, 0.717) is 21.4 Å². The average Bonchev–Trinajstić information content (AvgIpc) is 2.77. The molecule has 0 saturated carbocycles. The van der Waals surface area contributed by atoms with Gasteiger partial charge in [-0.3, -0.25) is 9.69 Å². The number of rotatable bonds is 4. The second kappa shape index (κ2) is 7.27. The molecule has 1 heterocycles. The number of nitrogens with zero attached hydrogens (tertiary/aromatic N) is 2. The first-order valence-electron chi connectivity index (χ1n) is 7.31. The topological polar surface area (TPSA) is 55.5 Å². The zero-order chi connectivity index (χ0) is 17.1. The van der Waals surface area contributed by atoms with Crippen LogP contribution in [0.2, 0.25) is 5.02 Å². The Hall–Kier alpha value is -1.66. The van der Waals surface area contributed by atoms with Crippen molar-refractivity contribution in [3.8, 4) is 0 Å². The van der Waals surface area contributed by atoms with Crippen LogP contribution in [0.5, 0.6) is 0 Å². The third-order valence-corrected chi connectivity index (χ3v) is 4.51. The van der Waals surface area contributed by atoms with E-state index >= 15 is 0 Å². The van der Waals surface area contributed by atoms with E-state index in [2.05, 4.69) is 0 Å². The summed E-state index contributed by atoms with van der Waals surface area (Å²) in [4.78, 5) is 27.2. The largest absolute Gasteiger partial charge is 0.371 e. The molecule has 0 unspecified atom stereocenters. The minimum absolute atomic E-state index is 0.150. The summed E-state index contributed by atoms with van der Waals surface area (Å²) < 4.78 is 6.22. The first-order chi connectivity index (χ1) is 10.9. The minimum Gasteiger partial charge on any atom is -0.371 e. The summed E-state index contributed by atoms with van der Waals surface area (Å²) in [6, 6.07) is 6.22. The molecule has 1 aromatic heterocycles. The lowest BCUT2D eigenvalue weighted by atomic mass is 10.2. The molecule has 0 aliphatic carbocycles. The van der Waals surface area contributed by atoms with Gasteiger partial charge in [0.15, 0.2) is 0 Å². The first kappa shape index (κ1) is 17.7. The van der Waals surface area contributed by atoms with Crippen LogP contribution in [0.1, 0.15) is 26.5 Å². The van der Waals surface area contributed by atoms with Crippen molar-refractivity contribution in [2.75, 3.05) is 10.7 Å². The third-order valence-electron chi connectivity index (χ3n) is 3.22. The quantitative estimate of drug-likeness (QED) is 0.764. The lowest BCUT2D eigenvalue weighted by Gasteiger charge is -2.25. The predicted octanol–water partition coefficient (Wildman–Crippen LogP) is 4.40. The van der Waals surface area contributed by atoms with Crippen molar-refractivity contribution in [3.63, 3.8) is 0 Å². The van der Waals surface area contributed by atoms with Crippen LogP contribution in [0, 0.1) is 6.92 Å². The van der Waals surface area contributed by atoms with E-state index in [4.69, 9.17) is 16.1 Å². The van der Waals surface area contributed by atoms with Crippen LogP contribution in [0.4, 0.5) is 10.5 Å². The fourth-order valence-electron chi connectivity index (χ4n) is 2.23. The zero-order valence-electron chi connectivity index (χ0n) is 13.5. The molecule has 23 heavy (non-hydrogen) atoms. The van der Waals surface area contributed by atoms with E-state index in [9.17, 15) is 9.59 Å². The highest BCUT2D eigenvalue weighted by Crippen LogP contribution is 2.23. The van der Waals surface area contributed by atoms with Gasteiger partial charge in [0.2, 0.25) is 0 Å². The maximum absolute atomic E-state index is 12.8. The average molecular weight is 355 g/mol. The Morgan fingerprint density at radius 1 is 1.35 bits per heavy atom. The maximum Gasteiger partial charge on any atom is 0.365 e. The van der Waals surface area contributed by atoms with Crippen LogP contribution in [-0.2, 0) is 0 Å². The van der Waals surface area contributed by atoms with E-state index in [0.717, 1.165) is 10.5 Å². The fourth-order valence-corrected chi connectivity index (χ4v) is 3.09. The molecule has 0 radical (unpaired) electrons. The van der Waals surface area contributed by atoms with Gasteiger partial charge in [0.05, 0.1) is 0 Å². The van der Waals surface area contributed by atoms with Gasteiger partial charge in [-0.1, -0.05) is 23.3 Å². The van der Waals surface area contributed by atoms with Crippen LogP contribution in [0.15, 0.2) is 38.5 Å². The Labute approximate surface area is 144 Å². The van der Waals surface area contributed by atoms with Crippen molar-refractivity contribution in [1.29, 1.82) is 0 Å². The highest BCUT2D eigenvalue weighted by molar-refractivity contribution is 7.99. The van der Waals surface area contributed by atoms with E-state index < -0.39 is 11.6 Å². The van der Waals surface area contributed by atoms with E-state index in [-0.39, 0.29) is 6.04 Å². The molecular weight excluding hydrogens is 336 g/mol. The number of benzene rings is 1. The molecule has 1 amide bonds. The summed E-state index contributed by atoms with van der Waals surface area (Å²) in [5.74, 6) is 1.18. The number of anilines is 1. The van der Waals surface area contributed by atoms with Gasteiger partial charge in [0.25, 0.3) is 0 Å². The summed E-state index contributed by atoms with van der Waals surface area (Å²) in [7, 11) is 0. The molecule has 0 saturated heterocycles.